The molecule has 3 rings (SSSR count). The Bertz CT molecular complexity index is 490. The molecule has 1 atom stereocenters. The predicted molar refractivity (Wildman–Crippen MR) is 67.7 cm³/mol. The third-order valence-corrected chi connectivity index (χ3v) is 3.17. The summed E-state index contributed by atoms with van der Waals surface area (Å²) in [5.74, 6) is 1.44. The van der Waals surface area contributed by atoms with Crippen molar-refractivity contribution < 1.29 is 0 Å². The zero-order valence-corrected chi connectivity index (χ0v) is 9.63. The number of nitrogens with zero attached hydrogens (tertiary/aromatic N) is 2. The van der Waals surface area contributed by atoms with E-state index in [9.17, 15) is 0 Å². The van der Waals surface area contributed by atoms with Gasteiger partial charge in [-0.3, -0.25) is 0 Å². The summed E-state index contributed by atoms with van der Waals surface area (Å²) in [5.41, 5.74) is 2.17. The van der Waals surface area contributed by atoms with Gasteiger partial charge in [-0.05, 0) is 19.0 Å². The first-order chi connectivity index (χ1) is 8.43. The maximum Gasteiger partial charge on any atom is 0.133 e. The molecule has 0 radical (unpaired) electrons. The van der Waals surface area contributed by atoms with E-state index in [0.717, 1.165) is 36.6 Å². The van der Waals surface area contributed by atoms with Gasteiger partial charge in [0.2, 0.25) is 0 Å². The average molecular weight is 225 g/mol. The number of hydrogen-bond donors (Lipinski definition) is 1. The van der Waals surface area contributed by atoms with Gasteiger partial charge >= 0.3 is 0 Å². The molecular formula is C14H15N3. The zero-order chi connectivity index (χ0) is 11.5. The molecule has 1 aromatic heterocycles. The molecule has 1 unspecified atom stereocenters. The number of benzene rings is 1. The lowest BCUT2D eigenvalue weighted by Crippen LogP contribution is -2.10. The second-order valence-corrected chi connectivity index (χ2v) is 4.36. The van der Waals surface area contributed by atoms with Gasteiger partial charge in [0.1, 0.15) is 5.82 Å². The summed E-state index contributed by atoms with van der Waals surface area (Å²) in [7, 11) is 0. The maximum atomic E-state index is 4.67. The van der Waals surface area contributed by atoms with E-state index in [1.807, 2.05) is 30.5 Å². The van der Waals surface area contributed by atoms with Crippen LogP contribution in [0.2, 0.25) is 0 Å². The smallest absolute Gasteiger partial charge is 0.133 e. The van der Waals surface area contributed by atoms with Gasteiger partial charge in [-0.2, -0.15) is 0 Å². The van der Waals surface area contributed by atoms with E-state index in [1.54, 1.807) is 0 Å². The van der Waals surface area contributed by atoms with Crippen molar-refractivity contribution in [2.24, 2.45) is 0 Å². The topological polar surface area (TPSA) is 37.8 Å². The molecule has 3 nitrogen and oxygen atoms in total. The van der Waals surface area contributed by atoms with E-state index >= 15 is 0 Å². The first kappa shape index (κ1) is 10.4. The molecule has 0 saturated carbocycles. The van der Waals surface area contributed by atoms with Crippen LogP contribution in [0.1, 0.15) is 18.2 Å². The maximum absolute atomic E-state index is 4.67. The molecular weight excluding hydrogens is 210 g/mol. The Kier molecular flexibility index (Phi) is 2.84. The molecule has 1 aliphatic heterocycles. The Morgan fingerprint density at radius 3 is 2.76 bits per heavy atom. The van der Waals surface area contributed by atoms with Crippen molar-refractivity contribution in [1.29, 1.82) is 0 Å². The van der Waals surface area contributed by atoms with Gasteiger partial charge in [0.15, 0.2) is 0 Å². The van der Waals surface area contributed by atoms with Gasteiger partial charge in [-0.15, -0.1) is 0 Å². The normalized spacial score (nSPS) is 19.4. The van der Waals surface area contributed by atoms with Crippen LogP contribution >= 0.6 is 0 Å². The minimum Gasteiger partial charge on any atom is -0.316 e. The van der Waals surface area contributed by atoms with Crippen LogP contribution in [0.4, 0.5) is 0 Å². The minimum absolute atomic E-state index is 0.471. The molecule has 1 saturated heterocycles. The highest BCUT2D eigenvalue weighted by Crippen LogP contribution is 2.22. The highest BCUT2D eigenvalue weighted by atomic mass is 15.0. The van der Waals surface area contributed by atoms with Crippen molar-refractivity contribution in [3.05, 3.63) is 48.4 Å². The highest BCUT2D eigenvalue weighted by Gasteiger charge is 2.19. The van der Waals surface area contributed by atoms with E-state index in [4.69, 9.17) is 0 Å². The van der Waals surface area contributed by atoms with Crippen molar-refractivity contribution >= 4 is 0 Å². The van der Waals surface area contributed by atoms with Gasteiger partial charge in [-0.25, -0.2) is 9.97 Å². The van der Waals surface area contributed by atoms with Crippen LogP contribution in [0.3, 0.4) is 0 Å². The third kappa shape index (κ3) is 2.19. The van der Waals surface area contributed by atoms with Gasteiger partial charge in [0.05, 0.1) is 5.69 Å². The first-order valence-corrected chi connectivity index (χ1v) is 6.02. The lowest BCUT2D eigenvalue weighted by atomic mass is 10.1. The summed E-state index contributed by atoms with van der Waals surface area (Å²) in [6.07, 6.45) is 3.00. The molecule has 1 fully saturated rings. The molecule has 2 aromatic rings. The van der Waals surface area contributed by atoms with Gasteiger partial charge in [0.25, 0.3) is 0 Å². The Labute approximate surface area is 101 Å². The van der Waals surface area contributed by atoms with Gasteiger partial charge in [-0.1, -0.05) is 30.3 Å². The lowest BCUT2D eigenvalue weighted by Gasteiger charge is -2.08. The molecule has 2 heterocycles. The number of rotatable bonds is 2. The molecule has 0 aliphatic carbocycles. The monoisotopic (exact) mass is 225 g/mol. The Hall–Kier alpha value is -1.74. The fourth-order valence-electron chi connectivity index (χ4n) is 2.22. The molecule has 1 N–H and O–H groups in total. The summed E-state index contributed by atoms with van der Waals surface area (Å²) < 4.78 is 0. The van der Waals surface area contributed by atoms with Crippen LogP contribution in [0, 0.1) is 0 Å². The number of aromatic nitrogens is 2. The van der Waals surface area contributed by atoms with Crippen LogP contribution in [0.5, 0.6) is 0 Å². The van der Waals surface area contributed by atoms with E-state index < -0.39 is 0 Å². The minimum atomic E-state index is 0.471. The van der Waals surface area contributed by atoms with Crippen LogP contribution in [0.25, 0.3) is 11.3 Å². The first-order valence-electron chi connectivity index (χ1n) is 6.02. The predicted octanol–water partition coefficient (Wildman–Crippen LogP) is 2.22. The fraction of sp³-hybridized carbons (Fsp3) is 0.286. The van der Waals surface area contributed by atoms with Gasteiger partial charge in [0, 0.05) is 24.2 Å². The summed E-state index contributed by atoms with van der Waals surface area (Å²) in [6, 6.07) is 12.2. The van der Waals surface area contributed by atoms with Crippen molar-refractivity contribution in [3.8, 4) is 11.3 Å². The van der Waals surface area contributed by atoms with Crippen molar-refractivity contribution in [2.75, 3.05) is 13.1 Å². The molecule has 17 heavy (non-hydrogen) atoms. The average Bonchev–Trinajstić information content (AvgIpc) is 2.94. The summed E-state index contributed by atoms with van der Waals surface area (Å²) in [5, 5.41) is 3.35. The summed E-state index contributed by atoms with van der Waals surface area (Å²) in [6.45, 7) is 2.07. The number of hydrogen-bond acceptors (Lipinski definition) is 3. The molecule has 0 spiro atoms. The zero-order valence-electron chi connectivity index (χ0n) is 9.63. The SMILES string of the molecule is c1ccc(-c2ccnc(C3CCNC3)n2)cc1. The van der Waals surface area contributed by atoms with Crippen molar-refractivity contribution in [3.63, 3.8) is 0 Å². The Balaban J connectivity index is 1.94. The molecule has 0 bridgehead atoms. The Morgan fingerprint density at radius 1 is 1.12 bits per heavy atom. The standard InChI is InChI=1S/C14H15N3/c1-2-4-11(5-3-1)13-7-9-16-14(17-13)12-6-8-15-10-12/h1-5,7,9,12,15H,6,8,10H2. The fourth-order valence-corrected chi connectivity index (χ4v) is 2.22. The van der Waals surface area contributed by atoms with Gasteiger partial charge < -0.3 is 5.32 Å². The van der Waals surface area contributed by atoms with Crippen LogP contribution in [0.15, 0.2) is 42.6 Å². The van der Waals surface area contributed by atoms with Crippen LogP contribution in [-0.2, 0) is 0 Å². The lowest BCUT2D eigenvalue weighted by molar-refractivity contribution is 0.703. The third-order valence-electron chi connectivity index (χ3n) is 3.17. The molecule has 0 amide bonds. The second kappa shape index (κ2) is 4.63. The quantitative estimate of drug-likeness (QED) is 0.851. The van der Waals surface area contributed by atoms with E-state index in [2.05, 4.69) is 27.4 Å². The van der Waals surface area contributed by atoms with Crippen molar-refractivity contribution in [1.82, 2.24) is 15.3 Å². The largest absolute Gasteiger partial charge is 0.316 e. The van der Waals surface area contributed by atoms with E-state index in [1.165, 1.54) is 0 Å². The molecule has 1 aromatic carbocycles. The van der Waals surface area contributed by atoms with Crippen LogP contribution in [-0.4, -0.2) is 23.1 Å². The van der Waals surface area contributed by atoms with E-state index in [-0.39, 0.29) is 0 Å². The van der Waals surface area contributed by atoms with E-state index in [0.29, 0.717) is 5.92 Å². The highest BCUT2D eigenvalue weighted by molar-refractivity contribution is 5.58. The molecule has 3 heteroatoms. The number of nitrogens with one attached hydrogen (secondary N) is 1. The van der Waals surface area contributed by atoms with Crippen LogP contribution < -0.4 is 5.32 Å². The summed E-state index contributed by atoms with van der Waals surface area (Å²) in [4.78, 5) is 9.07. The Morgan fingerprint density at radius 2 is 2.00 bits per heavy atom. The summed E-state index contributed by atoms with van der Waals surface area (Å²) >= 11 is 0. The second-order valence-electron chi connectivity index (χ2n) is 4.36. The molecule has 1 aliphatic rings. The van der Waals surface area contributed by atoms with Crippen molar-refractivity contribution in [2.45, 2.75) is 12.3 Å². The molecule has 86 valence electrons.